The van der Waals surface area contributed by atoms with Gasteiger partial charge in [0.05, 0.1) is 0 Å². The first-order valence-electron chi connectivity index (χ1n) is 3.86. The number of rotatable bonds is 5. The molecule has 0 atom stereocenters. The molecule has 1 N–H and O–H groups in total. The van der Waals surface area contributed by atoms with Gasteiger partial charge in [0, 0.05) is 25.8 Å². The zero-order chi connectivity index (χ0) is 9.40. The fourth-order valence-electron chi connectivity index (χ4n) is 0.652. The van der Waals surface area contributed by atoms with Crippen LogP contribution < -0.4 is 5.32 Å². The number of Topliss-reactive ketones (excluding diaryl/α,β-unsaturated/α-hetero) is 1. The number of carbonyl (C=O) groups excluding carboxylic acids is 2. The Morgan fingerprint density at radius 3 is 2.58 bits per heavy atom. The van der Waals surface area contributed by atoms with Crippen LogP contribution in [-0.4, -0.2) is 18.2 Å². The molecule has 0 radical (unpaired) electrons. The summed E-state index contributed by atoms with van der Waals surface area (Å²) in [4.78, 5) is 21.3. The summed E-state index contributed by atoms with van der Waals surface area (Å²) in [6.07, 6.45) is 6.15. The van der Waals surface area contributed by atoms with Crippen molar-refractivity contribution in [3.8, 4) is 12.3 Å². The zero-order valence-corrected chi connectivity index (χ0v) is 7.22. The van der Waals surface area contributed by atoms with Crippen LogP contribution >= 0.6 is 0 Å². The fraction of sp³-hybridized carbons (Fsp3) is 0.556. The summed E-state index contributed by atoms with van der Waals surface area (Å²) >= 11 is 0. The number of hydrogen-bond donors (Lipinski definition) is 1. The van der Waals surface area contributed by atoms with E-state index in [9.17, 15) is 9.59 Å². The summed E-state index contributed by atoms with van der Waals surface area (Å²) in [6, 6.07) is 0. The summed E-state index contributed by atoms with van der Waals surface area (Å²) in [7, 11) is 0. The Labute approximate surface area is 72.5 Å². The van der Waals surface area contributed by atoms with E-state index in [1.165, 1.54) is 6.92 Å². The molecule has 0 aliphatic heterocycles. The minimum absolute atomic E-state index is 0.0762. The average molecular weight is 167 g/mol. The quantitative estimate of drug-likeness (QED) is 0.606. The molecule has 0 aliphatic rings. The second-order valence-corrected chi connectivity index (χ2v) is 2.51. The lowest BCUT2D eigenvalue weighted by atomic mass is 10.3. The van der Waals surface area contributed by atoms with Crippen LogP contribution in [-0.2, 0) is 9.59 Å². The maximum absolute atomic E-state index is 10.9. The Balaban J connectivity index is 3.33. The van der Waals surface area contributed by atoms with Crippen LogP contribution in [0.25, 0.3) is 0 Å². The summed E-state index contributed by atoms with van der Waals surface area (Å²) in [5, 5.41) is 2.59. The van der Waals surface area contributed by atoms with E-state index in [0.29, 0.717) is 25.8 Å². The number of hydrogen-bond acceptors (Lipinski definition) is 2. The molecular weight excluding hydrogens is 154 g/mol. The number of amides is 1. The molecule has 1 amide bonds. The lowest BCUT2D eigenvalue weighted by Crippen LogP contribution is -2.25. The van der Waals surface area contributed by atoms with Gasteiger partial charge in [-0.25, -0.2) is 0 Å². The van der Waals surface area contributed by atoms with Crippen LogP contribution in [0.3, 0.4) is 0 Å². The van der Waals surface area contributed by atoms with Crippen molar-refractivity contribution in [2.75, 3.05) is 6.54 Å². The van der Waals surface area contributed by atoms with Gasteiger partial charge in [-0.1, -0.05) is 0 Å². The summed E-state index contributed by atoms with van der Waals surface area (Å²) in [5.74, 6) is 2.36. The van der Waals surface area contributed by atoms with Gasteiger partial charge in [0.25, 0.3) is 0 Å². The van der Waals surface area contributed by atoms with Gasteiger partial charge in [-0.3, -0.25) is 9.59 Å². The molecule has 0 rings (SSSR count). The predicted octanol–water partition coefficient (Wildman–Crippen LogP) is 0.495. The smallest absolute Gasteiger partial charge is 0.220 e. The van der Waals surface area contributed by atoms with Gasteiger partial charge >= 0.3 is 0 Å². The summed E-state index contributed by atoms with van der Waals surface area (Å²) in [5.41, 5.74) is 0. The third kappa shape index (κ3) is 6.81. The van der Waals surface area contributed by atoms with Crippen LogP contribution in [0.5, 0.6) is 0 Å². The van der Waals surface area contributed by atoms with Crippen molar-refractivity contribution in [3.05, 3.63) is 0 Å². The average Bonchev–Trinajstić information content (AvgIpc) is 2.00. The fourth-order valence-corrected chi connectivity index (χ4v) is 0.652. The highest BCUT2D eigenvalue weighted by atomic mass is 16.1. The highest BCUT2D eigenvalue weighted by Crippen LogP contribution is 1.86. The van der Waals surface area contributed by atoms with Gasteiger partial charge in [0.1, 0.15) is 5.78 Å². The highest BCUT2D eigenvalue weighted by molar-refractivity contribution is 5.78. The Morgan fingerprint density at radius 2 is 2.08 bits per heavy atom. The van der Waals surface area contributed by atoms with Gasteiger partial charge in [0.2, 0.25) is 5.91 Å². The standard InChI is InChI=1S/C9H13NO2/c1-3-4-5-9(12)10-7-6-8(2)11/h1H,4-7H2,2H3,(H,10,12). The van der Waals surface area contributed by atoms with E-state index in [2.05, 4.69) is 11.2 Å². The zero-order valence-electron chi connectivity index (χ0n) is 7.22. The van der Waals surface area contributed by atoms with Crippen LogP contribution in [0, 0.1) is 12.3 Å². The topological polar surface area (TPSA) is 46.2 Å². The maximum atomic E-state index is 10.9. The van der Waals surface area contributed by atoms with E-state index < -0.39 is 0 Å². The molecule has 0 aromatic rings. The largest absolute Gasteiger partial charge is 0.356 e. The summed E-state index contributed by atoms with van der Waals surface area (Å²) < 4.78 is 0. The van der Waals surface area contributed by atoms with E-state index in [1.54, 1.807) is 0 Å². The Bertz CT molecular complexity index is 203. The minimum Gasteiger partial charge on any atom is -0.356 e. The Kier molecular flexibility index (Phi) is 5.72. The first kappa shape index (κ1) is 10.7. The van der Waals surface area contributed by atoms with E-state index >= 15 is 0 Å². The van der Waals surface area contributed by atoms with Crippen LogP contribution in [0.2, 0.25) is 0 Å². The molecule has 0 fully saturated rings. The van der Waals surface area contributed by atoms with Crippen LogP contribution in [0.1, 0.15) is 26.2 Å². The van der Waals surface area contributed by atoms with Crippen molar-refractivity contribution in [2.45, 2.75) is 26.2 Å². The third-order valence-corrected chi connectivity index (χ3v) is 1.30. The van der Waals surface area contributed by atoms with E-state index in [1.807, 2.05) is 0 Å². The molecule has 12 heavy (non-hydrogen) atoms. The molecule has 66 valence electrons. The second kappa shape index (κ2) is 6.41. The molecule has 0 heterocycles. The van der Waals surface area contributed by atoms with Gasteiger partial charge in [-0.2, -0.15) is 0 Å². The summed E-state index contributed by atoms with van der Waals surface area (Å²) in [6.45, 7) is 1.91. The first-order valence-corrected chi connectivity index (χ1v) is 3.86. The maximum Gasteiger partial charge on any atom is 0.220 e. The number of carbonyl (C=O) groups is 2. The first-order chi connectivity index (χ1) is 5.66. The monoisotopic (exact) mass is 167 g/mol. The van der Waals surface area contributed by atoms with Crippen molar-refractivity contribution in [3.63, 3.8) is 0 Å². The second-order valence-electron chi connectivity index (χ2n) is 2.51. The molecule has 0 aromatic carbocycles. The van der Waals surface area contributed by atoms with E-state index in [4.69, 9.17) is 6.42 Å². The lowest BCUT2D eigenvalue weighted by Gasteiger charge is -2.00. The molecule has 0 aliphatic carbocycles. The van der Waals surface area contributed by atoms with Crippen LogP contribution in [0.15, 0.2) is 0 Å². The van der Waals surface area contributed by atoms with Crippen molar-refractivity contribution < 1.29 is 9.59 Å². The molecule has 3 heteroatoms. The molecule has 0 unspecified atom stereocenters. The molecule has 0 aromatic heterocycles. The third-order valence-electron chi connectivity index (χ3n) is 1.30. The predicted molar refractivity (Wildman–Crippen MR) is 46.4 cm³/mol. The van der Waals surface area contributed by atoms with Gasteiger partial charge < -0.3 is 5.32 Å². The minimum atomic E-state index is -0.0887. The van der Waals surface area contributed by atoms with Gasteiger partial charge in [-0.15, -0.1) is 12.3 Å². The van der Waals surface area contributed by atoms with Gasteiger partial charge in [-0.05, 0) is 6.92 Å². The highest BCUT2D eigenvalue weighted by Gasteiger charge is 1.99. The van der Waals surface area contributed by atoms with Crippen molar-refractivity contribution in [2.24, 2.45) is 0 Å². The number of ketones is 1. The molecule has 0 saturated heterocycles. The van der Waals surface area contributed by atoms with Crippen molar-refractivity contribution in [1.82, 2.24) is 5.32 Å². The van der Waals surface area contributed by atoms with E-state index in [0.717, 1.165) is 0 Å². The molecule has 0 spiro atoms. The SMILES string of the molecule is C#CCCC(=O)NCCC(C)=O. The normalized spacial score (nSPS) is 8.67. The molecular formula is C9H13NO2. The lowest BCUT2D eigenvalue weighted by molar-refractivity contribution is -0.121. The van der Waals surface area contributed by atoms with Crippen LogP contribution in [0.4, 0.5) is 0 Å². The van der Waals surface area contributed by atoms with E-state index in [-0.39, 0.29) is 11.7 Å². The van der Waals surface area contributed by atoms with Gasteiger partial charge in [0.15, 0.2) is 0 Å². The van der Waals surface area contributed by atoms with Crippen molar-refractivity contribution >= 4 is 11.7 Å². The van der Waals surface area contributed by atoms with Crippen molar-refractivity contribution in [1.29, 1.82) is 0 Å². The Hall–Kier alpha value is -1.30. The molecule has 3 nitrogen and oxygen atoms in total. The number of nitrogens with one attached hydrogen (secondary N) is 1. The molecule has 0 bridgehead atoms. The number of terminal acetylenes is 1. The Morgan fingerprint density at radius 1 is 1.42 bits per heavy atom. The molecule has 0 saturated carbocycles.